The van der Waals surface area contributed by atoms with E-state index in [-0.39, 0.29) is 0 Å². The number of benzene rings is 1. The molecule has 0 saturated carbocycles. The fraction of sp³-hybridized carbons (Fsp3) is 0.368. The summed E-state index contributed by atoms with van der Waals surface area (Å²) in [5, 5.41) is 17.9. The summed E-state index contributed by atoms with van der Waals surface area (Å²) in [4.78, 5) is 2.33. The summed E-state index contributed by atoms with van der Waals surface area (Å²) in [6.07, 6.45) is 1.86. The van der Waals surface area contributed by atoms with Crippen LogP contribution in [0.25, 0.3) is 11.5 Å². The second-order valence-corrected chi connectivity index (χ2v) is 7.28. The molecule has 0 N–H and O–H groups in total. The monoisotopic (exact) mass is 398 g/mol. The number of aromatic nitrogens is 5. The van der Waals surface area contributed by atoms with E-state index in [0.717, 1.165) is 49.4 Å². The number of hydrogen-bond donors (Lipinski definition) is 0. The Morgan fingerprint density at radius 2 is 1.89 bits per heavy atom. The van der Waals surface area contributed by atoms with E-state index in [0.29, 0.717) is 24.1 Å². The lowest BCUT2D eigenvalue weighted by Gasteiger charge is -2.26. The predicted molar refractivity (Wildman–Crippen MR) is 106 cm³/mol. The predicted octanol–water partition coefficient (Wildman–Crippen LogP) is 2.64. The maximum absolute atomic E-state index is 5.78. The van der Waals surface area contributed by atoms with Crippen LogP contribution in [-0.2, 0) is 23.6 Å². The van der Waals surface area contributed by atoms with Gasteiger partial charge >= 0.3 is 0 Å². The molecule has 0 atom stereocenters. The van der Waals surface area contributed by atoms with Crippen LogP contribution >= 0.6 is 11.8 Å². The molecule has 0 amide bonds. The zero-order valence-electron chi connectivity index (χ0n) is 15.5. The van der Waals surface area contributed by atoms with Crippen LogP contribution in [-0.4, -0.2) is 56.2 Å². The first kappa shape index (κ1) is 18.9. The molecule has 1 saturated heterocycles. The molecule has 3 heterocycles. The Morgan fingerprint density at radius 3 is 2.68 bits per heavy atom. The van der Waals surface area contributed by atoms with Gasteiger partial charge in [0.05, 0.1) is 25.5 Å². The third-order valence-electron chi connectivity index (χ3n) is 4.39. The van der Waals surface area contributed by atoms with Crippen molar-refractivity contribution in [1.82, 2.24) is 29.9 Å². The van der Waals surface area contributed by atoms with E-state index in [9.17, 15) is 0 Å². The summed E-state index contributed by atoms with van der Waals surface area (Å²) < 4.78 is 13.3. The summed E-state index contributed by atoms with van der Waals surface area (Å²) in [5.74, 6) is 2.55. The van der Waals surface area contributed by atoms with Crippen LogP contribution in [0.1, 0.15) is 11.7 Å². The van der Waals surface area contributed by atoms with Gasteiger partial charge in [0.25, 0.3) is 0 Å². The van der Waals surface area contributed by atoms with E-state index < -0.39 is 0 Å². The Hall–Kier alpha value is -2.49. The van der Waals surface area contributed by atoms with Gasteiger partial charge in [0.1, 0.15) is 5.82 Å². The topological polar surface area (TPSA) is 82.1 Å². The average molecular weight is 398 g/mol. The molecule has 1 aromatic carbocycles. The van der Waals surface area contributed by atoms with E-state index >= 15 is 0 Å². The number of ether oxygens (including phenoxy) is 1. The molecular weight excluding hydrogens is 376 g/mol. The van der Waals surface area contributed by atoms with Crippen LogP contribution in [0, 0.1) is 0 Å². The zero-order chi connectivity index (χ0) is 19.2. The molecule has 0 unspecified atom stereocenters. The van der Waals surface area contributed by atoms with Gasteiger partial charge in [-0.1, -0.05) is 36.0 Å². The highest BCUT2D eigenvalue weighted by molar-refractivity contribution is 7.98. The van der Waals surface area contributed by atoms with Crippen molar-refractivity contribution in [2.24, 2.45) is 0 Å². The molecule has 2 aromatic heterocycles. The molecule has 28 heavy (non-hydrogen) atoms. The molecule has 3 aromatic rings. The van der Waals surface area contributed by atoms with Crippen LogP contribution in [0.4, 0.5) is 0 Å². The first-order chi connectivity index (χ1) is 13.8. The van der Waals surface area contributed by atoms with Crippen LogP contribution in [0.3, 0.4) is 0 Å². The Morgan fingerprint density at radius 1 is 1.07 bits per heavy atom. The number of thioether (sulfide) groups is 1. The lowest BCUT2D eigenvalue weighted by atomic mass is 10.2. The fourth-order valence-electron chi connectivity index (χ4n) is 2.95. The van der Waals surface area contributed by atoms with Crippen molar-refractivity contribution < 1.29 is 9.15 Å². The minimum atomic E-state index is 0.525. The van der Waals surface area contributed by atoms with Crippen molar-refractivity contribution in [1.29, 1.82) is 0 Å². The van der Waals surface area contributed by atoms with Gasteiger partial charge in [0.15, 0.2) is 5.16 Å². The van der Waals surface area contributed by atoms with Gasteiger partial charge in [0, 0.05) is 25.2 Å². The van der Waals surface area contributed by atoms with Gasteiger partial charge in [-0.2, -0.15) is 0 Å². The normalized spacial score (nSPS) is 15.0. The molecule has 146 valence electrons. The Bertz CT molecular complexity index is 904. The van der Waals surface area contributed by atoms with Crippen molar-refractivity contribution in [2.45, 2.75) is 24.0 Å². The van der Waals surface area contributed by atoms with Crippen molar-refractivity contribution >= 4 is 11.8 Å². The number of allylic oxidation sites excluding steroid dienone is 1. The number of rotatable bonds is 8. The van der Waals surface area contributed by atoms with Gasteiger partial charge in [-0.25, -0.2) is 0 Å². The molecule has 1 aliphatic rings. The van der Waals surface area contributed by atoms with Gasteiger partial charge in [-0.15, -0.1) is 27.0 Å². The minimum absolute atomic E-state index is 0.525. The third kappa shape index (κ3) is 4.49. The summed E-state index contributed by atoms with van der Waals surface area (Å²) in [7, 11) is 0. The highest BCUT2D eigenvalue weighted by Gasteiger charge is 2.18. The summed E-state index contributed by atoms with van der Waals surface area (Å²) in [5.41, 5.74) is 0.911. The smallest absolute Gasteiger partial charge is 0.247 e. The van der Waals surface area contributed by atoms with E-state index in [1.807, 2.05) is 36.4 Å². The fourth-order valence-corrected chi connectivity index (χ4v) is 3.75. The van der Waals surface area contributed by atoms with Gasteiger partial charge in [0.2, 0.25) is 11.8 Å². The summed E-state index contributed by atoms with van der Waals surface area (Å²) in [6, 6.07) is 9.74. The van der Waals surface area contributed by atoms with E-state index in [2.05, 4.69) is 36.4 Å². The van der Waals surface area contributed by atoms with Crippen molar-refractivity contribution in [2.75, 3.05) is 26.3 Å². The third-order valence-corrected chi connectivity index (χ3v) is 5.34. The summed E-state index contributed by atoms with van der Waals surface area (Å²) >= 11 is 1.53. The second-order valence-electron chi connectivity index (χ2n) is 6.34. The SMILES string of the molecule is C=CCn1c(CN2CCOCC2)nnc1SCc1nnc(-c2ccccc2)o1. The van der Waals surface area contributed by atoms with Gasteiger partial charge in [-0.05, 0) is 12.1 Å². The number of hydrogen-bond acceptors (Lipinski definition) is 8. The van der Waals surface area contributed by atoms with E-state index in [1.165, 1.54) is 11.8 Å². The standard InChI is InChI=1S/C19H22N6O2S/c1-2-8-25-16(13-24-9-11-26-12-10-24)20-23-19(25)28-14-17-21-22-18(27-17)15-6-4-3-5-7-15/h2-7H,1,8-14H2. The Labute approximate surface area is 167 Å². The van der Waals surface area contributed by atoms with Crippen LogP contribution < -0.4 is 0 Å². The minimum Gasteiger partial charge on any atom is -0.420 e. The molecule has 0 bridgehead atoms. The number of morpholine rings is 1. The highest BCUT2D eigenvalue weighted by atomic mass is 32.2. The highest BCUT2D eigenvalue weighted by Crippen LogP contribution is 2.24. The lowest BCUT2D eigenvalue weighted by Crippen LogP contribution is -2.36. The van der Waals surface area contributed by atoms with Gasteiger partial charge < -0.3 is 13.7 Å². The van der Waals surface area contributed by atoms with Crippen molar-refractivity contribution in [3.63, 3.8) is 0 Å². The maximum atomic E-state index is 5.78. The van der Waals surface area contributed by atoms with Crippen LogP contribution in [0.2, 0.25) is 0 Å². The average Bonchev–Trinajstić information content (AvgIpc) is 3.36. The molecule has 0 radical (unpaired) electrons. The Balaban J connectivity index is 1.43. The largest absolute Gasteiger partial charge is 0.420 e. The first-order valence-electron chi connectivity index (χ1n) is 9.17. The molecule has 1 fully saturated rings. The molecule has 1 aliphatic heterocycles. The Kier molecular flexibility index (Phi) is 6.15. The zero-order valence-corrected chi connectivity index (χ0v) is 16.3. The first-order valence-corrected chi connectivity index (χ1v) is 10.2. The van der Waals surface area contributed by atoms with E-state index in [4.69, 9.17) is 9.15 Å². The maximum Gasteiger partial charge on any atom is 0.247 e. The molecule has 4 rings (SSSR count). The summed E-state index contributed by atoms with van der Waals surface area (Å²) in [6.45, 7) is 8.62. The lowest BCUT2D eigenvalue weighted by molar-refractivity contribution is 0.0325. The van der Waals surface area contributed by atoms with Gasteiger partial charge in [-0.3, -0.25) is 4.90 Å². The van der Waals surface area contributed by atoms with Crippen molar-refractivity contribution in [3.8, 4) is 11.5 Å². The second kappa shape index (κ2) is 9.13. The molecular formula is C19H22N6O2S. The molecule has 0 spiro atoms. The van der Waals surface area contributed by atoms with Crippen LogP contribution in [0.5, 0.6) is 0 Å². The molecule has 0 aliphatic carbocycles. The van der Waals surface area contributed by atoms with Crippen LogP contribution in [0.15, 0.2) is 52.6 Å². The number of nitrogens with zero attached hydrogens (tertiary/aromatic N) is 6. The molecule has 8 nitrogen and oxygen atoms in total. The van der Waals surface area contributed by atoms with E-state index in [1.54, 1.807) is 0 Å². The van der Waals surface area contributed by atoms with Crippen molar-refractivity contribution in [3.05, 3.63) is 54.7 Å². The molecule has 9 heteroatoms. The quantitative estimate of drug-likeness (QED) is 0.423.